The van der Waals surface area contributed by atoms with Crippen molar-refractivity contribution in [2.75, 3.05) is 39.8 Å². The summed E-state index contributed by atoms with van der Waals surface area (Å²) in [5.41, 5.74) is 2.54. The third-order valence-corrected chi connectivity index (χ3v) is 7.31. The molecule has 2 aromatic rings. The summed E-state index contributed by atoms with van der Waals surface area (Å²) in [6, 6.07) is 9.58. The van der Waals surface area contributed by atoms with Gasteiger partial charge in [-0.15, -0.1) is 23.1 Å². The Labute approximate surface area is 155 Å². The topological polar surface area (TPSA) is 40.6 Å². The number of thiophene rings is 1. The van der Waals surface area contributed by atoms with Gasteiger partial charge < -0.3 is 4.90 Å². The van der Waals surface area contributed by atoms with Crippen molar-refractivity contribution in [3.63, 3.8) is 0 Å². The Hall–Kier alpha value is -1.47. The van der Waals surface area contributed by atoms with Crippen molar-refractivity contribution in [3.05, 3.63) is 51.9 Å². The Morgan fingerprint density at radius 1 is 1.12 bits per heavy atom. The monoisotopic (exact) mass is 372 g/mol. The number of fused-ring (bicyclic) bond motifs is 2. The molecule has 3 heterocycles. The Morgan fingerprint density at radius 2 is 1.88 bits per heavy atom. The van der Waals surface area contributed by atoms with E-state index in [0.29, 0.717) is 17.0 Å². The molecule has 1 aromatic heterocycles. The molecule has 1 aromatic carbocycles. The number of hydrogen-bond acceptors (Lipinski definition) is 6. The molecule has 0 saturated carbocycles. The van der Waals surface area contributed by atoms with Gasteiger partial charge in [-0.1, -0.05) is 24.3 Å². The van der Waals surface area contributed by atoms with Crippen LogP contribution in [0.2, 0.25) is 0 Å². The van der Waals surface area contributed by atoms with Crippen molar-refractivity contribution in [1.82, 2.24) is 9.80 Å². The maximum atomic E-state index is 12.9. The fourth-order valence-corrected chi connectivity index (χ4v) is 5.56. The largest absolute Gasteiger partial charge is 0.304 e. The highest BCUT2D eigenvalue weighted by atomic mass is 32.2. The van der Waals surface area contributed by atoms with E-state index in [0.717, 1.165) is 47.3 Å². The van der Waals surface area contributed by atoms with E-state index in [2.05, 4.69) is 16.8 Å². The summed E-state index contributed by atoms with van der Waals surface area (Å²) >= 11 is 3.14. The normalized spacial score (nSPS) is 18.5. The van der Waals surface area contributed by atoms with Gasteiger partial charge in [-0.25, -0.2) is 0 Å². The van der Waals surface area contributed by atoms with Crippen molar-refractivity contribution in [1.29, 1.82) is 0 Å². The number of Topliss-reactive ketones (excluding diaryl/α,β-unsaturated/α-hetero) is 1. The zero-order chi connectivity index (χ0) is 17.4. The second-order valence-corrected chi connectivity index (χ2v) is 8.89. The van der Waals surface area contributed by atoms with E-state index >= 15 is 0 Å². The lowest BCUT2D eigenvalue weighted by Crippen LogP contribution is -2.46. The fraction of sp³-hybridized carbons (Fsp3) is 0.368. The second kappa shape index (κ2) is 7.03. The van der Waals surface area contributed by atoms with Gasteiger partial charge in [0.25, 0.3) is 0 Å². The molecule has 25 heavy (non-hydrogen) atoms. The van der Waals surface area contributed by atoms with Crippen LogP contribution in [-0.4, -0.2) is 61.1 Å². The summed E-state index contributed by atoms with van der Waals surface area (Å²) in [4.78, 5) is 30.7. The number of carbonyl (C=O) groups is 2. The summed E-state index contributed by atoms with van der Waals surface area (Å²) in [6.45, 7) is 4.30. The van der Waals surface area contributed by atoms with Crippen LogP contribution in [0.1, 0.15) is 31.2 Å². The van der Waals surface area contributed by atoms with Crippen LogP contribution >= 0.6 is 23.1 Å². The molecule has 2 aliphatic heterocycles. The first-order valence-corrected chi connectivity index (χ1v) is 10.3. The van der Waals surface area contributed by atoms with Crippen LogP contribution in [0.15, 0.2) is 34.5 Å². The van der Waals surface area contributed by atoms with E-state index < -0.39 is 0 Å². The lowest BCUT2D eigenvalue weighted by molar-refractivity contribution is 0.0880. The third-order valence-electron chi connectivity index (χ3n) is 4.80. The molecule has 4 rings (SSSR count). The van der Waals surface area contributed by atoms with Crippen molar-refractivity contribution in [2.24, 2.45) is 0 Å². The van der Waals surface area contributed by atoms with Gasteiger partial charge in [-0.2, -0.15) is 0 Å². The number of carbonyl (C=O) groups excluding carboxylic acids is 2. The fourth-order valence-electron chi connectivity index (χ4n) is 3.22. The minimum absolute atomic E-state index is 0.0468. The van der Waals surface area contributed by atoms with Gasteiger partial charge >= 0.3 is 0 Å². The number of likely N-dealkylation sites (N-methyl/N-ethyl adjacent to an activating group) is 1. The van der Waals surface area contributed by atoms with Gasteiger partial charge in [0.1, 0.15) is 0 Å². The minimum Gasteiger partial charge on any atom is -0.304 e. The number of nitrogens with zero attached hydrogens (tertiary/aromatic N) is 2. The number of benzene rings is 1. The number of thioether (sulfide) groups is 1. The molecule has 0 aliphatic carbocycles. The van der Waals surface area contributed by atoms with E-state index in [-0.39, 0.29) is 11.6 Å². The highest BCUT2D eigenvalue weighted by Crippen LogP contribution is 2.39. The van der Waals surface area contributed by atoms with Crippen LogP contribution in [-0.2, 0) is 5.75 Å². The Kier molecular flexibility index (Phi) is 4.78. The number of ketones is 2. The lowest BCUT2D eigenvalue weighted by Gasteiger charge is -2.31. The third kappa shape index (κ3) is 3.44. The quantitative estimate of drug-likeness (QED) is 0.775. The minimum atomic E-state index is 0.0468. The maximum absolute atomic E-state index is 12.9. The molecule has 1 saturated heterocycles. The van der Waals surface area contributed by atoms with Gasteiger partial charge in [-0.05, 0) is 18.7 Å². The zero-order valence-corrected chi connectivity index (χ0v) is 15.8. The van der Waals surface area contributed by atoms with Gasteiger partial charge in [-0.3, -0.25) is 14.5 Å². The number of hydrogen-bond donors (Lipinski definition) is 0. The number of rotatable bonds is 3. The molecule has 0 bridgehead atoms. The van der Waals surface area contributed by atoms with Crippen molar-refractivity contribution in [2.45, 2.75) is 9.96 Å². The second-order valence-electron chi connectivity index (χ2n) is 6.59. The predicted molar refractivity (Wildman–Crippen MR) is 102 cm³/mol. The first kappa shape index (κ1) is 17.0. The Morgan fingerprint density at radius 3 is 2.68 bits per heavy atom. The molecule has 0 radical (unpaired) electrons. The predicted octanol–water partition coefficient (Wildman–Crippen LogP) is 3.01. The van der Waals surface area contributed by atoms with E-state index in [1.807, 2.05) is 30.3 Å². The van der Waals surface area contributed by atoms with E-state index in [1.54, 1.807) is 11.8 Å². The van der Waals surface area contributed by atoms with E-state index in [9.17, 15) is 9.59 Å². The summed E-state index contributed by atoms with van der Waals surface area (Å²) in [5, 5.41) is 0. The van der Waals surface area contributed by atoms with Crippen molar-refractivity contribution < 1.29 is 9.59 Å². The zero-order valence-electron chi connectivity index (χ0n) is 14.2. The van der Waals surface area contributed by atoms with Gasteiger partial charge in [0.15, 0.2) is 11.6 Å². The van der Waals surface area contributed by atoms with E-state index in [1.165, 1.54) is 11.3 Å². The molecular weight excluding hydrogens is 352 g/mol. The smallest absolute Gasteiger partial charge is 0.195 e. The van der Waals surface area contributed by atoms with Crippen LogP contribution in [0, 0.1) is 0 Å². The van der Waals surface area contributed by atoms with Crippen molar-refractivity contribution in [3.8, 4) is 0 Å². The number of piperazine rings is 1. The molecule has 0 N–H and O–H groups in total. The molecule has 6 heteroatoms. The van der Waals surface area contributed by atoms with Crippen LogP contribution in [0.25, 0.3) is 0 Å². The maximum Gasteiger partial charge on any atom is 0.195 e. The average Bonchev–Trinajstić information content (AvgIpc) is 3.01. The molecule has 4 nitrogen and oxygen atoms in total. The summed E-state index contributed by atoms with van der Waals surface area (Å²) in [5.74, 6) is 0.955. The Balaban J connectivity index is 1.54. The molecule has 130 valence electrons. The summed E-state index contributed by atoms with van der Waals surface area (Å²) in [7, 11) is 2.11. The summed E-state index contributed by atoms with van der Waals surface area (Å²) < 4.78 is 0.975. The first-order valence-electron chi connectivity index (χ1n) is 8.45. The van der Waals surface area contributed by atoms with Crippen molar-refractivity contribution >= 4 is 34.7 Å². The van der Waals surface area contributed by atoms with Gasteiger partial charge in [0.2, 0.25) is 0 Å². The Bertz CT molecular complexity index is 823. The molecule has 0 spiro atoms. The molecule has 1 fully saturated rings. The first-order chi connectivity index (χ1) is 12.1. The van der Waals surface area contributed by atoms with E-state index in [4.69, 9.17) is 0 Å². The highest BCUT2D eigenvalue weighted by molar-refractivity contribution is 8.00. The highest BCUT2D eigenvalue weighted by Gasteiger charge is 2.26. The lowest BCUT2D eigenvalue weighted by atomic mass is 10.0. The molecule has 0 atom stereocenters. The van der Waals surface area contributed by atoms with Gasteiger partial charge in [0, 0.05) is 43.1 Å². The molecule has 2 aliphatic rings. The molecule has 0 amide bonds. The standard InChI is InChI=1S/C19H20N2O2S2/c1-20-6-8-21(9-7-20)11-16(22)17-10-15-18(23)14-5-3-2-4-13(14)12-24-19(15)25-17/h2-5,10H,6-9,11-12H2,1H3. The molecular formula is C19H20N2O2S2. The van der Waals surface area contributed by atoms with Gasteiger partial charge in [0.05, 0.1) is 15.6 Å². The van der Waals surface area contributed by atoms with Crippen LogP contribution < -0.4 is 0 Å². The molecule has 0 unspecified atom stereocenters. The van der Waals surface area contributed by atoms with Crippen LogP contribution in [0.5, 0.6) is 0 Å². The van der Waals surface area contributed by atoms with Crippen LogP contribution in [0.4, 0.5) is 0 Å². The SMILES string of the molecule is CN1CCN(CC(=O)c2cc3c(s2)SCc2ccccc2C3=O)CC1. The average molecular weight is 373 g/mol. The summed E-state index contributed by atoms with van der Waals surface area (Å²) in [6.07, 6.45) is 0. The van der Waals surface area contributed by atoms with Crippen LogP contribution in [0.3, 0.4) is 0 Å².